The van der Waals surface area contributed by atoms with Crippen LogP contribution in [0.4, 0.5) is 0 Å². The molecule has 0 spiro atoms. The fraction of sp³-hybridized carbons (Fsp3) is 0.294. The van der Waals surface area contributed by atoms with Gasteiger partial charge in [0.1, 0.15) is 5.75 Å². The molecule has 21 heavy (non-hydrogen) atoms. The molecule has 1 aliphatic rings. The average molecular weight is 411 g/mol. The second-order valence-corrected chi connectivity index (χ2v) is 7.14. The van der Waals surface area contributed by atoms with Crippen molar-refractivity contribution < 1.29 is 4.74 Å². The van der Waals surface area contributed by atoms with Gasteiger partial charge in [-0.15, -0.1) is 0 Å². The summed E-state index contributed by atoms with van der Waals surface area (Å²) < 4.78 is 8.10. The SMILES string of the molecule is CNC(c1ccc(Br)cc1C)c1cc(Br)cc2c1OCC2. The number of benzene rings is 2. The summed E-state index contributed by atoms with van der Waals surface area (Å²) in [5.41, 5.74) is 5.02. The van der Waals surface area contributed by atoms with E-state index in [0.717, 1.165) is 27.7 Å². The molecule has 0 aromatic heterocycles. The van der Waals surface area contributed by atoms with Crippen molar-refractivity contribution in [2.24, 2.45) is 0 Å². The van der Waals surface area contributed by atoms with Crippen LogP contribution in [0.15, 0.2) is 39.3 Å². The molecule has 0 amide bonds. The smallest absolute Gasteiger partial charge is 0.127 e. The van der Waals surface area contributed by atoms with Crippen molar-refractivity contribution >= 4 is 31.9 Å². The second-order valence-electron chi connectivity index (χ2n) is 5.30. The summed E-state index contributed by atoms with van der Waals surface area (Å²) in [4.78, 5) is 0. The number of hydrogen-bond donors (Lipinski definition) is 1. The van der Waals surface area contributed by atoms with Crippen molar-refractivity contribution in [1.29, 1.82) is 0 Å². The molecule has 1 N–H and O–H groups in total. The fourth-order valence-electron chi connectivity index (χ4n) is 2.95. The minimum Gasteiger partial charge on any atom is -0.493 e. The summed E-state index contributed by atoms with van der Waals surface area (Å²) in [6, 6.07) is 10.9. The van der Waals surface area contributed by atoms with Gasteiger partial charge in [0.05, 0.1) is 12.6 Å². The van der Waals surface area contributed by atoms with E-state index in [1.54, 1.807) is 0 Å². The Kier molecular flexibility index (Phi) is 4.38. The van der Waals surface area contributed by atoms with Gasteiger partial charge in [-0.05, 0) is 54.9 Å². The number of nitrogens with one attached hydrogen (secondary N) is 1. The lowest BCUT2D eigenvalue weighted by molar-refractivity contribution is 0.351. The number of hydrogen-bond acceptors (Lipinski definition) is 2. The first-order chi connectivity index (χ1) is 10.1. The quantitative estimate of drug-likeness (QED) is 0.787. The number of rotatable bonds is 3. The maximum absolute atomic E-state index is 5.88. The van der Waals surface area contributed by atoms with E-state index in [9.17, 15) is 0 Å². The van der Waals surface area contributed by atoms with Crippen molar-refractivity contribution in [3.63, 3.8) is 0 Å². The van der Waals surface area contributed by atoms with Crippen LogP contribution >= 0.6 is 31.9 Å². The number of fused-ring (bicyclic) bond motifs is 1. The molecular formula is C17H17Br2NO. The van der Waals surface area contributed by atoms with E-state index in [2.05, 4.69) is 74.4 Å². The number of aryl methyl sites for hydroxylation is 1. The molecule has 4 heteroatoms. The Morgan fingerprint density at radius 3 is 2.62 bits per heavy atom. The lowest BCUT2D eigenvalue weighted by Gasteiger charge is -2.22. The zero-order valence-corrected chi connectivity index (χ0v) is 15.2. The van der Waals surface area contributed by atoms with E-state index in [0.29, 0.717) is 0 Å². The lowest BCUT2D eigenvalue weighted by atomic mass is 9.93. The molecule has 110 valence electrons. The molecule has 0 fully saturated rings. The van der Waals surface area contributed by atoms with Crippen LogP contribution in [0.25, 0.3) is 0 Å². The van der Waals surface area contributed by atoms with Gasteiger partial charge in [0.2, 0.25) is 0 Å². The molecule has 3 rings (SSSR count). The molecule has 1 atom stereocenters. The third-order valence-corrected chi connectivity index (χ3v) is 4.87. The van der Waals surface area contributed by atoms with Gasteiger partial charge in [0.15, 0.2) is 0 Å². The minimum absolute atomic E-state index is 0.127. The van der Waals surface area contributed by atoms with Crippen LogP contribution in [0.5, 0.6) is 5.75 Å². The molecule has 0 aliphatic carbocycles. The maximum atomic E-state index is 5.88. The highest BCUT2D eigenvalue weighted by atomic mass is 79.9. The molecule has 1 unspecified atom stereocenters. The first-order valence-electron chi connectivity index (χ1n) is 6.98. The third kappa shape index (κ3) is 2.89. The summed E-state index contributed by atoms with van der Waals surface area (Å²) in [5.74, 6) is 1.04. The number of halogens is 2. The van der Waals surface area contributed by atoms with Crippen molar-refractivity contribution in [1.82, 2.24) is 5.32 Å². The zero-order valence-electron chi connectivity index (χ0n) is 12.0. The first-order valence-corrected chi connectivity index (χ1v) is 8.57. The minimum atomic E-state index is 0.127. The Labute approximate surface area is 142 Å². The molecule has 1 heterocycles. The zero-order chi connectivity index (χ0) is 15.0. The summed E-state index contributed by atoms with van der Waals surface area (Å²) in [6.45, 7) is 2.91. The van der Waals surface area contributed by atoms with Gasteiger partial charge in [0, 0.05) is 20.9 Å². The van der Waals surface area contributed by atoms with E-state index >= 15 is 0 Å². The molecule has 0 bridgehead atoms. The summed E-state index contributed by atoms with van der Waals surface area (Å²) in [6.07, 6.45) is 0.984. The van der Waals surface area contributed by atoms with Gasteiger partial charge >= 0.3 is 0 Å². The highest BCUT2D eigenvalue weighted by molar-refractivity contribution is 9.10. The molecule has 0 radical (unpaired) electrons. The van der Waals surface area contributed by atoms with Gasteiger partial charge in [-0.3, -0.25) is 0 Å². The third-order valence-electron chi connectivity index (χ3n) is 3.92. The van der Waals surface area contributed by atoms with Crippen molar-refractivity contribution in [3.8, 4) is 5.75 Å². The summed E-state index contributed by atoms with van der Waals surface area (Å²) in [5, 5.41) is 3.44. The van der Waals surface area contributed by atoms with Gasteiger partial charge in [-0.1, -0.05) is 37.9 Å². The molecule has 2 aromatic rings. The van der Waals surface area contributed by atoms with Crippen molar-refractivity contribution in [3.05, 3.63) is 61.5 Å². The van der Waals surface area contributed by atoms with Crippen LogP contribution in [0.3, 0.4) is 0 Å². The molecular weight excluding hydrogens is 394 g/mol. The molecule has 1 aliphatic heterocycles. The largest absolute Gasteiger partial charge is 0.493 e. The van der Waals surface area contributed by atoms with Crippen LogP contribution in [0.1, 0.15) is 28.3 Å². The van der Waals surface area contributed by atoms with Gasteiger partial charge in [-0.2, -0.15) is 0 Å². The highest BCUT2D eigenvalue weighted by Gasteiger charge is 2.24. The Hall–Kier alpha value is -0.840. The van der Waals surface area contributed by atoms with Gasteiger partial charge < -0.3 is 10.1 Å². The van der Waals surface area contributed by atoms with E-state index in [-0.39, 0.29) is 6.04 Å². The molecule has 0 saturated heterocycles. The van der Waals surface area contributed by atoms with E-state index in [1.165, 1.54) is 22.3 Å². The Morgan fingerprint density at radius 2 is 1.90 bits per heavy atom. The van der Waals surface area contributed by atoms with Crippen molar-refractivity contribution in [2.75, 3.05) is 13.7 Å². The Bertz CT molecular complexity index is 685. The van der Waals surface area contributed by atoms with E-state index in [4.69, 9.17) is 4.74 Å². The summed E-state index contributed by atoms with van der Waals surface area (Å²) >= 11 is 7.16. The average Bonchev–Trinajstić information content (AvgIpc) is 2.89. The monoisotopic (exact) mass is 409 g/mol. The first kappa shape index (κ1) is 15.1. The Balaban J connectivity index is 2.13. The van der Waals surface area contributed by atoms with Crippen LogP contribution in [-0.4, -0.2) is 13.7 Å². The second kappa shape index (κ2) is 6.11. The fourth-order valence-corrected chi connectivity index (χ4v) is 3.95. The molecule has 2 nitrogen and oxygen atoms in total. The van der Waals surface area contributed by atoms with Crippen LogP contribution in [0.2, 0.25) is 0 Å². The standard InChI is InChI=1S/C17H17Br2NO/c1-10-7-12(18)3-4-14(10)16(20-2)15-9-13(19)8-11-5-6-21-17(11)15/h3-4,7-9,16,20H,5-6H2,1-2H3. The van der Waals surface area contributed by atoms with Gasteiger partial charge in [0.25, 0.3) is 0 Å². The molecule has 0 saturated carbocycles. The maximum Gasteiger partial charge on any atom is 0.127 e. The summed E-state index contributed by atoms with van der Waals surface area (Å²) in [7, 11) is 1.99. The predicted molar refractivity (Wildman–Crippen MR) is 93.1 cm³/mol. The van der Waals surface area contributed by atoms with Crippen LogP contribution < -0.4 is 10.1 Å². The van der Waals surface area contributed by atoms with Crippen LogP contribution in [-0.2, 0) is 6.42 Å². The normalized spacial score (nSPS) is 14.7. The van der Waals surface area contributed by atoms with Gasteiger partial charge in [-0.25, -0.2) is 0 Å². The van der Waals surface area contributed by atoms with E-state index in [1.807, 2.05) is 7.05 Å². The lowest BCUT2D eigenvalue weighted by Crippen LogP contribution is -2.19. The Morgan fingerprint density at radius 1 is 1.10 bits per heavy atom. The predicted octanol–water partition coefficient (Wildman–Crippen LogP) is 4.76. The number of ether oxygens (including phenoxy) is 1. The molecule has 2 aromatic carbocycles. The van der Waals surface area contributed by atoms with E-state index < -0.39 is 0 Å². The highest BCUT2D eigenvalue weighted by Crippen LogP contribution is 2.39. The van der Waals surface area contributed by atoms with Crippen LogP contribution in [0, 0.1) is 6.92 Å². The topological polar surface area (TPSA) is 21.3 Å². The van der Waals surface area contributed by atoms with Crippen molar-refractivity contribution in [2.45, 2.75) is 19.4 Å².